The minimum atomic E-state index is -3.20. The Labute approximate surface area is 134 Å². The van der Waals surface area contributed by atoms with Crippen LogP contribution in [0.2, 0.25) is 0 Å². The molecule has 3 atom stereocenters. The van der Waals surface area contributed by atoms with Crippen LogP contribution in [-0.4, -0.2) is 50.9 Å². The van der Waals surface area contributed by atoms with Gasteiger partial charge in [-0.05, 0) is 50.1 Å². The lowest BCUT2D eigenvalue weighted by Crippen LogP contribution is -2.31. The monoisotopic (exact) mass is 330 g/mol. The molecule has 22 heavy (non-hydrogen) atoms. The second-order valence-electron chi connectivity index (χ2n) is 7.31. The van der Waals surface area contributed by atoms with Crippen molar-refractivity contribution in [2.45, 2.75) is 39.5 Å². The van der Waals surface area contributed by atoms with Gasteiger partial charge in [0.25, 0.3) is 0 Å². The molecule has 2 aliphatic rings. The van der Waals surface area contributed by atoms with Crippen LogP contribution in [0.4, 0.5) is 0 Å². The van der Waals surface area contributed by atoms with Gasteiger partial charge in [-0.1, -0.05) is 13.8 Å². The Bertz CT molecular complexity index is 484. The van der Waals surface area contributed by atoms with E-state index >= 15 is 0 Å². The summed E-state index contributed by atoms with van der Waals surface area (Å²) in [5.41, 5.74) is 0. The molecule has 2 unspecified atom stereocenters. The van der Waals surface area contributed by atoms with Gasteiger partial charge in [-0.25, -0.2) is 12.7 Å². The zero-order valence-corrected chi connectivity index (χ0v) is 14.9. The molecule has 0 amide bonds. The first-order valence-corrected chi connectivity index (χ1v) is 10.3. The molecule has 1 N–H and O–H groups in total. The standard InChI is InChI=1S/C16H30N2O3S/c1-12(2)14-10-18(22(3,20)21)11-15(14)16(19)7-6-13-5-4-8-17-9-13/h12-15,17H,4-11H2,1-3H3/t13?,14-,15?/m1/s1. The number of hydrogen-bond acceptors (Lipinski definition) is 4. The molecule has 2 heterocycles. The van der Waals surface area contributed by atoms with Crippen molar-refractivity contribution in [3.05, 3.63) is 0 Å². The second kappa shape index (κ2) is 7.41. The van der Waals surface area contributed by atoms with Gasteiger partial charge in [0.2, 0.25) is 10.0 Å². The number of Topliss-reactive ketones (excluding diaryl/α,β-unsaturated/α-hetero) is 1. The molecule has 0 saturated carbocycles. The van der Waals surface area contributed by atoms with Crippen molar-refractivity contribution in [2.24, 2.45) is 23.7 Å². The summed E-state index contributed by atoms with van der Waals surface area (Å²) in [4.78, 5) is 12.6. The Morgan fingerprint density at radius 2 is 2.05 bits per heavy atom. The van der Waals surface area contributed by atoms with Gasteiger partial charge in [0, 0.05) is 25.4 Å². The lowest BCUT2D eigenvalue weighted by Gasteiger charge is -2.24. The highest BCUT2D eigenvalue weighted by Crippen LogP contribution is 2.33. The molecule has 0 aliphatic carbocycles. The van der Waals surface area contributed by atoms with E-state index in [0.29, 0.717) is 31.3 Å². The Balaban J connectivity index is 1.94. The van der Waals surface area contributed by atoms with E-state index in [-0.39, 0.29) is 17.6 Å². The molecule has 5 nitrogen and oxygen atoms in total. The number of sulfonamides is 1. The fraction of sp³-hybridized carbons (Fsp3) is 0.938. The van der Waals surface area contributed by atoms with E-state index in [1.54, 1.807) is 0 Å². The molecule has 2 rings (SSSR count). The normalized spacial score (nSPS) is 30.8. The van der Waals surface area contributed by atoms with Gasteiger partial charge in [-0.2, -0.15) is 0 Å². The van der Waals surface area contributed by atoms with Crippen molar-refractivity contribution in [1.82, 2.24) is 9.62 Å². The van der Waals surface area contributed by atoms with E-state index in [2.05, 4.69) is 19.2 Å². The maximum Gasteiger partial charge on any atom is 0.211 e. The first-order valence-electron chi connectivity index (χ1n) is 8.47. The van der Waals surface area contributed by atoms with E-state index in [1.165, 1.54) is 23.4 Å². The molecule has 0 radical (unpaired) electrons. The highest BCUT2D eigenvalue weighted by Gasteiger charge is 2.41. The van der Waals surface area contributed by atoms with Crippen LogP contribution in [0.1, 0.15) is 39.5 Å². The van der Waals surface area contributed by atoms with Crippen molar-refractivity contribution in [2.75, 3.05) is 32.4 Å². The fourth-order valence-corrected chi connectivity index (χ4v) is 4.65. The van der Waals surface area contributed by atoms with E-state index in [4.69, 9.17) is 0 Å². The molecule has 0 aromatic carbocycles. The SMILES string of the molecule is CC(C)[C@H]1CN(S(C)(=O)=O)CC1C(=O)CCC1CCCNC1. The molecule has 2 aliphatic heterocycles. The van der Waals surface area contributed by atoms with E-state index in [9.17, 15) is 13.2 Å². The van der Waals surface area contributed by atoms with Crippen molar-refractivity contribution in [3.8, 4) is 0 Å². The van der Waals surface area contributed by atoms with Crippen molar-refractivity contribution in [3.63, 3.8) is 0 Å². The summed E-state index contributed by atoms with van der Waals surface area (Å²) in [6.07, 6.45) is 5.17. The molecular formula is C16H30N2O3S. The molecule has 0 aromatic rings. The molecule has 0 aromatic heterocycles. The number of rotatable bonds is 6. The van der Waals surface area contributed by atoms with Crippen molar-refractivity contribution >= 4 is 15.8 Å². The van der Waals surface area contributed by atoms with E-state index in [0.717, 1.165) is 19.5 Å². The van der Waals surface area contributed by atoms with Crippen molar-refractivity contribution in [1.29, 1.82) is 0 Å². The minimum absolute atomic E-state index is 0.119. The number of carbonyl (C=O) groups is 1. The number of hydrogen-bond donors (Lipinski definition) is 1. The molecule has 0 bridgehead atoms. The zero-order valence-electron chi connectivity index (χ0n) is 14.0. The third kappa shape index (κ3) is 4.52. The summed E-state index contributed by atoms with van der Waals surface area (Å²) < 4.78 is 25.1. The maximum absolute atomic E-state index is 12.6. The predicted octanol–water partition coefficient (Wildman–Crippen LogP) is 1.50. The van der Waals surface area contributed by atoms with Crippen molar-refractivity contribution < 1.29 is 13.2 Å². The van der Waals surface area contributed by atoms with Gasteiger partial charge in [0.05, 0.1) is 6.26 Å². The smallest absolute Gasteiger partial charge is 0.211 e. The fourth-order valence-electron chi connectivity index (χ4n) is 3.78. The number of piperidine rings is 1. The van der Waals surface area contributed by atoms with Crippen LogP contribution >= 0.6 is 0 Å². The van der Waals surface area contributed by atoms with Gasteiger partial charge in [0.15, 0.2) is 0 Å². The molecule has 2 fully saturated rings. The first kappa shape index (κ1) is 17.9. The molecule has 2 saturated heterocycles. The van der Waals surface area contributed by atoms with Gasteiger partial charge in [-0.15, -0.1) is 0 Å². The molecule has 0 spiro atoms. The summed E-state index contributed by atoms with van der Waals surface area (Å²) in [6.45, 7) is 7.15. The quantitative estimate of drug-likeness (QED) is 0.801. The zero-order chi connectivity index (χ0) is 16.3. The number of nitrogens with one attached hydrogen (secondary N) is 1. The van der Waals surface area contributed by atoms with Crippen LogP contribution in [-0.2, 0) is 14.8 Å². The van der Waals surface area contributed by atoms with E-state index < -0.39 is 10.0 Å². The predicted molar refractivity (Wildman–Crippen MR) is 88.1 cm³/mol. The Morgan fingerprint density at radius 1 is 1.32 bits per heavy atom. The number of ketones is 1. The third-order valence-corrected chi connectivity index (χ3v) is 6.50. The molecule has 6 heteroatoms. The Hall–Kier alpha value is -0.460. The van der Waals surface area contributed by atoms with Crippen LogP contribution in [0.3, 0.4) is 0 Å². The Kier molecular flexibility index (Phi) is 6.02. The molecular weight excluding hydrogens is 300 g/mol. The van der Waals surface area contributed by atoms with Gasteiger partial charge < -0.3 is 5.32 Å². The highest BCUT2D eigenvalue weighted by molar-refractivity contribution is 7.88. The summed E-state index contributed by atoms with van der Waals surface area (Å²) in [5, 5.41) is 3.38. The molecule has 128 valence electrons. The van der Waals surface area contributed by atoms with E-state index in [1.807, 2.05) is 0 Å². The average Bonchev–Trinajstić information content (AvgIpc) is 2.91. The summed E-state index contributed by atoms with van der Waals surface area (Å²) in [6, 6.07) is 0. The largest absolute Gasteiger partial charge is 0.316 e. The van der Waals surface area contributed by atoms with Crippen LogP contribution in [0.15, 0.2) is 0 Å². The second-order valence-corrected chi connectivity index (χ2v) is 9.29. The lowest BCUT2D eigenvalue weighted by atomic mass is 9.81. The minimum Gasteiger partial charge on any atom is -0.316 e. The van der Waals surface area contributed by atoms with Crippen LogP contribution in [0, 0.1) is 23.7 Å². The third-order valence-electron chi connectivity index (χ3n) is 5.27. The van der Waals surface area contributed by atoms with Gasteiger partial charge in [-0.3, -0.25) is 4.79 Å². The number of nitrogens with zero attached hydrogens (tertiary/aromatic N) is 1. The Morgan fingerprint density at radius 3 is 2.59 bits per heavy atom. The summed E-state index contributed by atoms with van der Waals surface area (Å²) in [7, 11) is -3.20. The van der Waals surface area contributed by atoms with Crippen LogP contribution < -0.4 is 5.32 Å². The van der Waals surface area contributed by atoms with Gasteiger partial charge >= 0.3 is 0 Å². The van der Waals surface area contributed by atoms with Crippen LogP contribution in [0.25, 0.3) is 0 Å². The highest BCUT2D eigenvalue weighted by atomic mass is 32.2. The summed E-state index contributed by atoms with van der Waals surface area (Å²) in [5.74, 6) is 1.23. The first-order chi connectivity index (χ1) is 10.3. The number of carbonyl (C=O) groups excluding carboxylic acids is 1. The lowest BCUT2D eigenvalue weighted by molar-refractivity contribution is -0.124. The maximum atomic E-state index is 12.6. The van der Waals surface area contributed by atoms with Crippen LogP contribution in [0.5, 0.6) is 0 Å². The van der Waals surface area contributed by atoms with Gasteiger partial charge in [0.1, 0.15) is 5.78 Å². The topological polar surface area (TPSA) is 66.5 Å². The average molecular weight is 330 g/mol. The summed E-state index contributed by atoms with van der Waals surface area (Å²) >= 11 is 0.